The monoisotopic (exact) mass is 549 g/mol. The second-order valence-electron chi connectivity index (χ2n) is 6.34. The van der Waals surface area contributed by atoms with E-state index < -0.39 is 6.61 Å². The van der Waals surface area contributed by atoms with Crippen molar-refractivity contribution in [1.29, 1.82) is 0 Å². The quantitative estimate of drug-likeness (QED) is 0.179. The Hall–Kier alpha value is -1.98. The van der Waals surface area contributed by atoms with Gasteiger partial charge in [0, 0.05) is 32.3 Å². The number of rotatable bonds is 12. The molecule has 2 N–H and O–H groups in total. The van der Waals surface area contributed by atoms with E-state index in [1.165, 1.54) is 6.07 Å². The van der Waals surface area contributed by atoms with Gasteiger partial charge in [-0.1, -0.05) is 42.5 Å². The zero-order valence-electron chi connectivity index (χ0n) is 17.8. The highest BCUT2D eigenvalue weighted by Gasteiger charge is 2.09. The SMILES string of the molecule is CCOCCOCc1cccc(CNC(=NC)NCc2ccccc2OC(F)F)c1.I. The minimum absolute atomic E-state index is 0. The predicted molar refractivity (Wildman–Crippen MR) is 128 cm³/mol. The lowest BCUT2D eigenvalue weighted by molar-refractivity contribution is -0.0504. The maximum Gasteiger partial charge on any atom is 0.387 e. The van der Waals surface area contributed by atoms with Crippen molar-refractivity contribution in [1.82, 2.24) is 10.6 Å². The standard InChI is InChI=1S/C22H29F2N3O3.HI/c1-3-28-11-12-29-16-18-8-6-7-17(13-18)14-26-22(25-2)27-15-19-9-4-5-10-20(19)30-21(23)24;/h4-10,13,21H,3,11-12,14-16H2,1-2H3,(H2,25,26,27);1H. The van der Waals surface area contributed by atoms with E-state index in [1.54, 1.807) is 25.2 Å². The van der Waals surface area contributed by atoms with E-state index >= 15 is 0 Å². The highest BCUT2D eigenvalue weighted by molar-refractivity contribution is 14.0. The van der Waals surface area contributed by atoms with Crippen LogP contribution in [0.1, 0.15) is 23.6 Å². The smallest absolute Gasteiger partial charge is 0.387 e. The van der Waals surface area contributed by atoms with Gasteiger partial charge in [-0.15, -0.1) is 24.0 Å². The molecule has 0 bridgehead atoms. The molecule has 0 fully saturated rings. The first kappa shape index (κ1) is 27.1. The van der Waals surface area contributed by atoms with Crippen LogP contribution < -0.4 is 15.4 Å². The number of para-hydroxylation sites is 1. The number of alkyl halides is 2. The van der Waals surface area contributed by atoms with Crippen molar-refractivity contribution in [2.24, 2.45) is 4.99 Å². The number of nitrogens with zero attached hydrogens (tertiary/aromatic N) is 1. The molecule has 0 spiro atoms. The van der Waals surface area contributed by atoms with Gasteiger partial charge in [0.15, 0.2) is 5.96 Å². The second-order valence-corrected chi connectivity index (χ2v) is 6.34. The molecule has 0 saturated heterocycles. The summed E-state index contributed by atoms with van der Waals surface area (Å²) >= 11 is 0. The largest absolute Gasteiger partial charge is 0.434 e. The number of guanidine groups is 1. The van der Waals surface area contributed by atoms with Crippen LogP contribution in [0.5, 0.6) is 5.75 Å². The van der Waals surface area contributed by atoms with E-state index in [9.17, 15) is 8.78 Å². The number of ether oxygens (including phenoxy) is 3. The first-order chi connectivity index (χ1) is 14.6. The Bertz CT molecular complexity index is 794. The fourth-order valence-corrected chi connectivity index (χ4v) is 2.73. The summed E-state index contributed by atoms with van der Waals surface area (Å²) in [6.45, 7) is 2.31. The van der Waals surface area contributed by atoms with Crippen LogP contribution in [0.2, 0.25) is 0 Å². The van der Waals surface area contributed by atoms with Gasteiger partial charge in [-0.3, -0.25) is 4.99 Å². The summed E-state index contributed by atoms with van der Waals surface area (Å²) in [4.78, 5) is 4.18. The minimum Gasteiger partial charge on any atom is -0.434 e. The zero-order chi connectivity index (χ0) is 21.6. The molecule has 0 heterocycles. The Balaban J connectivity index is 0.00000480. The first-order valence-corrected chi connectivity index (χ1v) is 9.83. The lowest BCUT2D eigenvalue weighted by atomic mass is 10.1. The van der Waals surface area contributed by atoms with E-state index in [-0.39, 0.29) is 29.7 Å². The molecule has 31 heavy (non-hydrogen) atoms. The van der Waals surface area contributed by atoms with Crippen LogP contribution in [0, 0.1) is 0 Å². The van der Waals surface area contributed by atoms with E-state index in [4.69, 9.17) is 9.47 Å². The van der Waals surface area contributed by atoms with Crippen molar-refractivity contribution in [3.63, 3.8) is 0 Å². The van der Waals surface area contributed by atoms with Crippen LogP contribution in [0.25, 0.3) is 0 Å². The topological polar surface area (TPSA) is 64.1 Å². The average Bonchev–Trinajstić information content (AvgIpc) is 2.74. The van der Waals surface area contributed by atoms with E-state index in [2.05, 4.69) is 26.4 Å². The molecule has 2 aromatic rings. The molecule has 0 unspecified atom stereocenters. The fraction of sp³-hybridized carbons (Fsp3) is 0.409. The average molecular weight is 549 g/mol. The molecule has 2 rings (SSSR count). The highest BCUT2D eigenvalue weighted by atomic mass is 127. The van der Waals surface area contributed by atoms with Gasteiger partial charge in [-0.05, 0) is 24.1 Å². The number of hydrogen-bond donors (Lipinski definition) is 2. The Labute approximate surface area is 199 Å². The summed E-state index contributed by atoms with van der Waals surface area (Å²) in [6.07, 6.45) is 0. The first-order valence-electron chi connectivity index (χ1n) is 9.83. The number of halogens is 3. The van der Waals surface area contributed by atoms with Crippen molar-refractivity contribution in [3.05, 3.63) is 65.2 Å². The summed E-state index contributed by atoms with van der Waals surface area (Å²) in [7, 11) is 1.65. The third-order valence-electron chi connectivity index (χ3n) is 4.15. The van der Waals surface area contributed by atoms with E-state index in [0.29, 0.717) is 51.0 Å². The van der Waals surface area contributed by atoms with Gasteiger partial charge in [-0.2, -0.15) is 8.78 Å². The molecule has 0 aromatic heterocycles. The summed E-state index contributed by atoms with van der Waals surface area (Å²) in [5.74, 6) is 0.702. The molecular weight excluding hydrogens is 519 g/mol. The molecule has 172 valence electrons. The van der Waals surface area contributed by atoms with Crippen LogP contribution in [0.15, 0.2) is 53.5 Å². The minimum atomic E-state index is -2.86. The molecule has 0 radical (unpaired) electrons. The van der Waals surface area contributed by atoms with Crippen molar-refractivity contribution in [3.8, 4) is 5.75 Å². The zero-order valence-corrected chi connectivity index (χ0v) is 20.1. The molecule has 0 saturated carbocycles. The Morgan fingerprint density at radius 1 is 0.968 bits per heavy atom. The maximum absolute atomic E-state index is 12.5. The highest BCUT2D eigenvalue weighted by Crippen LogP contribution is 2.19. The van der Waals surface area contributed by atoms with E-state index in [0.717, 1.165) is 11.1 Å². The fourth-order valence-electron chi connectivity index (χ4n) is 2.73. The predicted octanol–water partition coefficient (Wildman–Crippen LogP) is 4.32. The summed E-state index contributed by atoms with van der Waals surface area (Å²) in [5, 5.41) is 6.33. The van der Waals surface area contributed by atoms with Crippen molar-refractivity contribution in [2.45, 2.75) is 33.2 Å². The Kier molecular flexibility index (Phi) is 13.8. The van der Waals surface area contributed by atoms with Crippen LogP contribution in [0.3, 0.4) is 0 Å². The summed E-state index contributed by atoms with van der Waals surface area (Å²) < 4.78 is 40.5. The third-order valence-corrected chi connectivity index (χ3v) is 4.15. The number of aliphatic imine (C=N–C) groups is 1. The normalized spacial score (nSPS) is 11.2. The molecule has 2 aromatic carbocycles. The van der Waals surface area contributed by atoms with Gasteiger partial charge < -0.3 is 24.8 Å². The number of nitrogens with one attached hydrogen (secondary N) is 2. The molecule has 0 atom stereocenters. The van der Waals surface area contributed by atoms with Gasteiger partial charge in [-0.25, -0.2) is 0 Å². The van der Waals surface area contributed by atoms with Crippen LogP contribution in [0.4, 0.5) is 8.78 Å². The van der Waals surface area contributed by atoms with Crippen LogP contribution >= 0.6 is 24.0 Å². The second kappa shape index (κ2) is 15.8. The van der Waals surface area contributed by atoms with Gasteiger partial charge >= 0.3 is 6.61 Å². The van der Waals surface area contributed by atoms with Crippen LogP contribution in [-0.2, 0) is 29.2 Å². The number of benzene rings is 2. The molecular formula is C22H30F2IN3O3. The molecule has 9 heteroatoms. The van der Waals surface area contributed by atoms with Crippen molar-refractivity contribution < 1.29 is 23.0 Å². The van der Waals surface area contributed by atoms with Gasteiger partial charge in [0.2, 0.25) is 0 Å². The van der Waals surface area contributed by atoms with Gasteiger partial charge in [0.25, 0.3) is 0 Å². The third kappa shape index (κ3) is 10.7. The van der Waals surface area contributed by atoms with Crippen molar-refractivity contribution >= 4 is 29.9 Å². The van der Waals surface area contributed by atoms with Crippen LogP contribution in [-0.4, -0.2) is 39.4 Å². The number of hydrogen-bond acceptors (Lipinski definition) is 4. The Morgan fingerprint density at radius 2 is 1.68 bits per heavy atom. The molecule has 0 aliphatic rings. The molecule has 0 amide bonds. The molecule has 6 nitrogen and oxygen atoms in total. The lowest BCUT2D eigenvalue weighted by Gasteiger charge is -2.15. The van der Waals surface area contributed by atoms with Gasteiger partial charge in [0.05, 0.1) is 19.8 Å². The lowest BCUT2D eigenvalue weighted by Crippen LogP contribution is -2.36. The Morgan fingerprint density at radius 3 is 2.42 bits per heavy atom. The molecule has 0 aliphatic carbocycles. The van der Waals surface area contributed by atoms with E-state index in [1.807, 2.05) is 25.1 Å². The summed E-state index contributed by atoms with van der Waals surface area (Å²) in [6, 6.07) is 14.7. The summed E-state index contributed by atoms with van der Waals surface area (Å²) in [5.41, 5.74) is 2.77. The van der Waals surface area contributed by atoms with Crippen molar-refractivity contribution in [2.75, 3.05) is 26.9 Å². The van der Waals surface area contributed by atoms with Gasteiger partial charge in [0.1, 0.15) is 5.75 Å². The molecule has 0 aliphatic heterocycles. The maximum atomic E-state index is 12.5.